The molecule has 0 amide bonds. The smallest absolute Gasteiger partial charge is 0.289 e. The Morgan fingerprint density at radius 3 is 2.00 bits per heavy atom. The van der Waals surface area contributed by atoms with E-state index in [1.165, 1.54) is 0 Å². The third kappa shape index (κ3) is 2.61. The lowest BCUT2D eigenvalue weighted by atomic mass is 9.69. The normalized spacial score (nSPS) is 39.0. The van der Waals surface area contributed by atoms with Crippen LogP contribution in [0.2, 0.25) is 0 Å². The van der Waals surface area contributed by atoms with E-state index in [0.29, 0.717) is 5.92 Å². The van der Waals surface area contributed by atoms with Gasteiger partial charge >= 0.3 is 6.18 Å². The van der Waals surface area contributed by atoms with Gasteiger partial charge in [0.25, 0.3) is 0 Å². The first-order valence-corrected chi connectivity index (χ1v) is 6.54. The van der Waals surface area contributed by atoms with Crippen molar-refractivity contribution in [3.63, 3.8) is 0 Å². The fourth-order valence-corrected chi connectivity index (χ4v) is 3.55. The van der Waals surface area contributed by atoms with E-state index in [-0.39, 0.29) is 17.5 Å². The van der Waals surface area contributed by atoms with Gasteiger partial charge in [0, 0.05) is 12.1 Å². The van der Waals surface area contributed by atoms with Crippen LogP contribution in [0.1, 0.15) is 46.5 Å². The van der Waals surface area contributed by atoms with E-state index in [2.05, 4.69) is 20.8 Å². The number of hydrogen-bond acceptors (Lipinski definition) is 1. The summed E-state index contributed by atoms with van der Waals surface area (Å²) in [7, 11) is 0. The molecule has 1 nitrogen and oxygen atoms in total. The highest BCUT2D eigenvalue weighted by Gasteiger charge is 2.49. The molecule has 0 radical (unpaired) electrons. The molecule has 2 rings (SSSR count). The van der Waals surface area contributed by atoms with Crippen molar-refractivity contribution in [3.05, 3.63) is 0 Å². The summed E-state index contributed by atoms with van der Waals surface area (Å²) < 4.78 is 37.6. The number of hydrogen-bond donors (Lipinski definition) is 0. The minimum Gasteiger partial charge on any atom is -0.289 e. The number of alkyl halides is 3. The van der Waals surface area contributed by atoms with E-state index < -0.39 is 12.7 Å². The van der Waals surface area contributed by atoms with Crippen molar-refractivity contribution in [2.45, 2.75) is 64.7 Å². The summed E-state index contributed by atoms with van der Waals surface area (Å²) in [6.07, 6.45) is -0.299. The van der Waals surface area contributed by atoms with Crippen molar-refractivity contribution >= 4 is 0 Å². The van der Waals surface area contributed by atoms with Gasteiger partial charge < -0.3 is 0 Å². The Morgan fingerprint density at radius 1 is 1.18 bits per heavy atom. The van der Waals surface area contributed by atoms with Crippen molar-refractivity contribution in [2.24, 2.45) is 11.3 Å². The fourth-order valence-electron chi connectivity index (χ4n) is 3.55. The minimum absolute atomic E-state index is 0.155. The lowest BCUT2D eigenvalue weighted by Crippen LogP contribution is -2.51. The van der Waals surface area contributed by atoms with Crippen LogP contribution in [0, 0.1) is 11.3 Å². The summed E-state index contributed by atoms with van der Waals surface area (Å²) in [4.78, 5) is 1.71. The highest BCUT2D eigenvalue weighted by atomic mass is 19.4. The van der Waals surface area contributed by atoms with Gasteiger partial charge in [-0.15, -0.1) is 0 Å². The Morgan fingerprint density at radius 2 is 1.65 bits per heavy atom. The van der Waals surface area contributed by atoms with Crippen LogP contribution >= 0.6 is 0 Å². The van der Waals surface area contributed by atoms with E-state index in [1.807, 2.05) is 0 Å². The van der Waals surface area contributed by atoms with Crippen LogP contribution in [-0.2, 0) is 0 Å². The van der Waals surface area contributed by atoms with Gasteiger partial charge in [-0.1, -0.05) is 20.8 Å². The average Bonchev–Trinajstić information content (AvgIpc) is 2.43. The number of fused-ring (bicyclic) bond motifs is 2. The molecular weight excluding hydrogens is 227 g/mol. The van der Waals surface area contributed by atoms with E-state index in [9.17, 15) is 13.2 Å². The Kier molecular flexibility index (Phi) is 3.22. The van der Waals surface area contributed by atoms with Crippen molar-refractivity contribution in [1.82, 2.24) is 4.90 Å². The lowest BCUT2D eigenvalue weighted by Gasteiger charge is -2.47. The predicted molar refractivity (Wildman–Crippen MR) is 61.8 cm³/mol. The Bertz CT molecular complexity index is 271. The van der Waals surface area contributed by atoms with E-state index in [1.54, 1.807) is 4.90 Å². The molecule has 2 aliphatic heterocycles. The zero-order valence-corrected chi connectivity index (χ0v) is 10.8. The second-order valence-electron chi connectivity index (χ2n) is 6.39. The number of halogens is 3. The lowest BCUT2D eigenvalue weighted by molar-refractivity contribution is -0.160. The maximum atomic E-state index is 12.5. The van der Waals surface area contributed by atoms with Crippen LogP contribution in [0.4, 0.5) is 13.2 Å². The van der Waals surface area contributed by atoms with Crippen LogP contribution in [0.15, 0.2) is 0 Å². The third-order valence-corrected chi connectivity index (χ3v) is 4.93. The van der Waals surface area contributed by atoms with Crippen molar-refractivity contribution < 1.29 is 13.2 Å². The van der Waals surface area contributed by atoms with E-state index in [0.717, 1.165) is 25.7 Å². The van der Waals surface area contributed by atoms with Gasteiger partial charge in [-0.05, 0) is 37.0 Å². The van der Waals surface area contributed by atoms with Gasteiger partial charge in [-0.3, -0.25) is 4.90 Å². The largest absolute Gasteiger partial charge is 0.401 e. The minimum atomic E-state index is -4.05. The van der Waals surface area contributed by atoms with Crippen molar-refractivity contribution in [2.75, 3.05) is 6.54 Å². The molecule has 2 unspecified atom stereocenters. The molecule has 4 heteroatoms. The number of piperidine rings is 1. The van der Waals surface area contributed by atoms with Gasteiger partial charge in [0.1, 0.15) is 0 Å². The van der Waals surface area contributed by atoms with E-state index >= 15 is 0 Å². The predicted octanol–water partition coefficient (Wildman–Crippen LogP) is 3.84. The van der Waals surface area contributed by atoms with Crippen LogP contribution in [0.25, 0.3) is 0 Å². The summed E-state index contributed by atoms with van der Waals surface area (Å²) in [5.41, 5.74) is 0.230. The molecule has 2 aliphatic rings. The quantitative estimate of drug-likeness (QED) is 0.718. The zero-order valence-electron chi connectivity index (χ0n) is 10.8. The van der Waals surface area contributed by atoms with Crippen molar-refractivity contribution in [3.8, 4) is 0 Å². The van der Waals surface area contributed by atoms with Gasteiger partial charge in [-0.25, -0.2) is 0 Å². The first kappa shape index (κ1) is 13.2. The number of nitrogens with zero attached hydrogens (tertiary/aromatic N) is 1. The summed E-state index contributed by atoms with van der Waals surface area (Å²) in [5.74, 6) is 0.554. The molecule has 0 saturated carbocycles. The molecule has 2 fully saturated rings. The zero-order chi connectivity index (χ0) is 12.8. The average molecular weight is 249 g/mol. The monoisotopic (exact) mass is 249 g/mol. The summed E-state index contributed by atoms with van der Waals surface area (Å²) in [6.45, 7) is 5.92. The first-order chi connectivity index (χ1) is 7.71. The highest BCUT2D eigenvalue weighted by Crippen LogP contribution is 2.49. The van der Waals surface area contributed by atoms with Crippen LogP contribution in [-0.4, -0.2) is 29.7 Å². The maximum absolute atomic E-state index is 12.5. The maximum Gasteiger partial charge on any atom is 0.401 e. The Hall–Kier alpha value is -0.250. The molecule has 0 aromatic heterocycles. The van der Waals surface area contributed by atoms with Crippen LogP contribution < -0.4 is 0 Å². The van der Waals surface area contributed by atoms with Gasteiger partial charge in [0.2, 0.25) is 0 Å². The van der Waals surface area contributed by atoms with Gasteiger partial charge in [0.05, 0.1) is 6.54 Å². The molecule has 2 saturated heterocycles. The molecule has 2 bridgehead atoms. The SMILES string of the molecule is CC(C)C1(C)CC2CCC(C1)N2CC(F)(F)F. The summed E-state index contributed by atoms with van der Waals surface area (Å²) in [5, 5.41) is 0. The van der Waals surface area contributed by atoms with Gasteiger partial charge in [-0.2, -0.15) is 13.2 Å². The molecule has 100 valence electrons. The second-order valence-corrected chi connectivity index (χ2v) is 6.39. The highest BCUT2D eigenvalue weighted by molar-refractivity contribution is 5.01. The topological polar surface area (TPSA) is 3.24 Å². The molecule has 0 aliphatic carbocycles. The first-order valence-electron chi connectivity index (χ1n) is 6.54. The number of rotatable bonds is 2. The molecule has 0 aromatic carbocycles. The summed E-state index contributed by atoms with van der Waals surface area (Å²) in [6, 6.07) is 0.311. The van der Waals surface area contributed by atoms with Gasteiger partial charge in [0.15, 0.2) is 0 Å². The van der Waals surface area contributed by atoms with E-state index in [4.69, 9.17) is 0 Å². The molecule has 0 N–H and O–H groups in total. The molecule has 17 heavy (non-hydrogen) atoms. The molecule has 0 spiro atoms. The standard InChI is InChI=1S/C13H22F3N/c1-9(2)12(3)6-10-4-5-11(7-12)17(10)8-13(14,15)16/h9-11H,4-8H2,1-3H3. The van der Waals surface area contributed by atoms with Crippen molar-refractivity contribution in [1.29, 1.82) is 0 Å². The molecule has 0 aromatic rings. The van der Waals surface area contributed by atoms with Crippen LogP contribution in [0.5, 0.6) is 0 Å². The van der Waals surface area contributed by atoms with Crippen LogP contribution in [0.3, 0.4) is 0 Å². The molecule has 2 heterocycles. The Balaban J connectivity index is 2.08. The molecule has 2 atom stereocenters. The Labute approximate surface area is 101 Å². The summed E-state index contributed by atoms with van der Waals surface area (Å²) >= 11 is 0. The second kappa shape index (κ2) is 4.15. The third-order valence-electron chi connectivity index (χ3n) is 4.93. The molecular formula is C13H22F3N. The fraction of sp³-hybridized carbons (Fsp3) is 1.00.